The van der Waals surface area contributed by atoms with Crippen LogP contribution in [-0.2, 0) is 11.3 Å². The maximum absolute atomic E-state index is 13.0. The Morgan fingerprint density at radius 1 is 1.13 bits per heavy atom. The minimum Gasteiger partial charge on any atom is -0.335 e. The van der Waals surface area contributed by atoms with E-state index in [1.807, 2.05) is 35.2 Å². The second kappa shape index (κ2) is 6.92. The van der Waals surface area contributed by atoms with Crippen molar-refractivity contribution in [2.75, 3.05) is 0 Å². The first-order chi connectivity index (χ1) is 11.1. The van der Waals surface area contributed by atoms with Crippen LogP contribution in [0.25, 0.3) is 0 Å². The van der Waals surface area contributed by atoms with Crippen molar-refractivity contribution < 1.29 is 9.18 Å². The van der Waals surface area contributed by atoms with E-state index in [1.54, 1.807) is 12.1 Å². The van der Waals surface area contributed by atoms with Crippen LogP contribution in [0.1, 0.15) is 36.4 Å². The lowest BCUT2D eigenvalue weighted by Crippen LogP contribution is -2.34. The van der Waals surface area contributed by atoms with Crippen LogP contribution in [0.3, 0.4) is 0 Å². The fourth-order valence-corrected chi connectivity index (χ4v) is 2.72. The van der Waals surface area contributed by atoms with Crippen molar-refractivity contribution in [2.24, 2.45) is 5.73 Å². The zero-order chi connectivity index (χ0) is 16.2. The molecule has 1 aliphatic rings. The smallest absolute Gasteiger partial charge is 0.225 e. The van der Waals surface area contributed by atoms with Crippen LogP contribution in [-0.4, -0.2) is 16.8 Å². The summed E-state index contributed by atoms with van der Waals surface area (Å²) in [6.07, 6.45) is 2.36. The molecule has 1 saturated carbocycles. The molecule has 3 rings (SSSR count). The minimum atomic E-state index is -0.293. The van der Waals surface area contributed by atoms with E-state index in [0.717, 1.165) is 24.0 Å². The van der Waals surface area contributed by atoms with E-state index in [4.69, 9.17) is 5.73 Å². The fraction of sp³-hybridized carbons (Fsp3) is 0.316. The Morgan fingerprint density at radius 2 is 1.78 bits per heavy atom. The molecule has 2 aromatic carbocycles. The van der Waals surface area contributed by atoms with Crippen LogP contribution in [0.5, 0.6) is 0 Å². The molecular weight excluding hydrogens is 291 g/mol. The van der Waals surface area contributed by atoms with Gasteiger partial charge >= 0.3 is 0 Å². The highest BCUT2D eigenvalue weighted by molar-refractivity contribution is 5.77. The molecule has 0 spiro atoms. The van der Waals surface area contributed by atoms with Gasteiger partial charge < -0.3 is 10.6 Å². The van der Waals surface area contributed by atoms with E-state index in [0.29, 0.717) is 19.0 Å². The number of amides is 1. The summed E-state index contributed by atoms with van der Waals surface area (Å²) in [4.78, 5) is 14.5. The number of carbonyl (C=O) groups excluding carboxylic acids is 1. The topological polar surface area (TPSA) is 46.3 Å². The maximum atomic E-state index is 13.0. The molecule has 4 heteroatoms. The number of rotatable bonds is 6. The molecule has 120 valence electrons. The van der Waals surface area contributed by atoms with Crippen molar-refractivity contribution in [1.82, 2.24) is 4.90 Å². The average molecular weight is 312 g/mol. The predicted octanol–water partition coefficient (Wildman–Crippen LogP) is 3.41. The van der Waals surface area contributed by atoms with Crippen LogP contribution in [0, 0.1) is 5.82 Å². The molecule has 1 atom stereocenters. The number of carbonyl (C=O) groups is 1. The number of halogens is 1. The number of hydrogen-bond acceptors (Lipinski definition) is 2. The molecule has 0 aromatic heterocycles. The van der Waals surface area contributed by atoms with Crippen LogP contribution in [0.2, 0.25) is 0 Å². The Balaban J connectivity index is 1.66. The summed E-state index contributed by atoms with van der Waals surface area (Å²) in [5.41, 5.74) is 8.09. The Labute approximate surface area is 135 Å². The highest BCUT2D eigenvalue weighted by atomic mass is 19.1. The van der Waals surface area contributed by atoms with Crippen molar-refractivity contribution in [1.29, 1.82) is 0 Å². The van der Waals surface area contributed by atoms with Gasteiger partial charge in [0.1, 0.15) is 5.82 Å². The Hall–Kier alpha value is -2.20. The Kier molecular flexibility index (Phi) is 4.72. The van der Waals surface area contributed by atoms with Crippen molar-refractivity contribution >= 4 is 5.91 Å². The molecule has 0 aliphatic heterocycles. The second-order valence-electron chi connectivity index (χ2n) is 6.10. The SMILES string of the molecule is NC(CC(=O)N(Cc1ccc(F)cc1)C1CC1)c1ccccc1. The van der Waals surface area contributed by atoms with Gasteiger partial charge in [-0.25, -0.2) is 4.39 Å². The fourth-order valence-electron chi connectivity index (χ4n) is 2.72. The standard InChI is InChI=1S/C19H21FN2O/c20-16-8-6-14(7-9-16)13-22(17-10-11-17)19(23)12-18(21)15-4-2-1-3-5-15/h1-9,17-18H,10-13,21H2. The van der Waals surface area contributed by atoms with Gasteiger partial charge in [0.2, 0.25) is 5.91 Å². The normalized spacial score (nSPS) is 15.2. The lowest BCUT2D eigenvalue weighted by atomic mass is 10.0. The molecule has 0 bridgehead atoms. The summed E-state index contributed by atoms with van der Waals surface area (Å²) >= 11 is 0. The number of benzene rings is 2. The molecule has 1 fully saturated rings. The van der Waals surface area contributed by atoms with Gasteiger partial charge in [-0.2, -0.15) is 0 Å². The predicted molar refractivity (Wildman–Crippen MR) is 88.0 cm³/mol. The third-order valence-electron chi connectivity index (χ3n) is 4.20. The van der Waals surface area contributed by atoms with Crippen molar-refractivity contribution in [3.8, 4) is 0 Å². The zero-order valence-corrected chi connectivity index (χ0v) is 13.0. The molecule has 23 heavy (non-hydrogen) atoms. The molecule has 2 N–H and O–H groups in total. The molecule has 0 radical (unpaired) electrons. The summed E-state index contributed by atoms with van der Waals surface area (Å²) in [5, 5.41) is 0. The summed E-state index contributed by atoms with van der Waals surface area (Å²) in [6.45, 7) is 0.519. The van der Waals surface area contributed by atoms with E-state index in [9.17, 15) is 9.18 Å². The zero-order valence-electron chi connectivity index (χ0n) is 13.0. The highest BCUT2D eigenvalue weighted by Gasteiger charge is 2.33. The van der Waals surface area contributed by atoms with E-state index in [2.05, 4.69) is 0 Å². The number of nitrogens with zero attached hydrogens (tertiary/aromatic N) is 1. The molecule has 1 unspecified atom stereocenters. The lowest BCUT2D eigenvalue weighted by Gasteiger charge is -2.24. The van der Waals surface area contributed by atoms with Crippen molar-refractivity contribution in [3.63, 3.8) is 0 Å². The van der Waals surface area contributed by atoms with E-state index in [-0.39, 0.29) is 17.8 Å². The summed E-state index contributed by atoms with van der Waals surface area (Å²) < 4.78 is 13.0. The Bertz CT molecular complexity index is 653. The summed E-state index contributed by atoms with van der Waals surface area (Å²) in [5.74, 6) is -0.197. The average Bonchev–Trinajstić information content (AvgIpc) is 3.39. The summed E-state index contributed by atoms with van der Waals surface area (Å²) in [6, 6.07) is 16.0. The van der Waals surface area contributed by atoms with E-state index < -0.39 is 0 Å². The van der Waals surface area contributed by atoms with Gasteiger partial charge in [-0.3, -0.25) is 4.79 Å². The molecule has 3 nitrogen and oxygen atoms in total. The van der Waals surface area contributed by atoms with E-state index in [1.165, 1.54) is 12.1 Å². The third-order valence-corrected chi connectivity index (χ3v) is 4.20. The Morgan fingerprint density at radius 3 is 2.39 bits per heavy atom. The van der Waals surface area contributed by atoms with Crippen LogP contribution in [0.15, 0.2) is 54.6 Å². The third kappa shape index (κ3) is 4.17. The van der Waals surface area contributed by atoms with Crippen LogP contribution < -0.4 is 5.73 Å². The lowest BCUT2D eigenvalue weighted by molar-refractivity contribution is -0.132. The van der Waals surface area contributed by atoms with Gasteiger partial charge in [-0.15, -0.1) is 0 Å². The van der Waals surface area contributed by atoms with Crippen LogP contribution >= 0.6 is 0 Å². The van der Waals surface area contributed by atoms with Gasteiger partial charge in [0.15, 0.2) is 0 Å². The molecule has 0 saturated heterocycles. The van der Waals surface area contributed by atoms with Gasteiger partial charge in [0.25, 0.3) is 0 Å². The monoisotopic (exact) mass is 312 g/mol. The minimum absolute atomic E-state index is 0.0631. The molecule has 0 heterocycles. The first-order valence-corrected chi connectivity index (χ1v) is 7.98. The second-order valence-corrected chi connectivity index (χ2v) is 6.10. The van der Waals surface area contributed by atoms with Gasteiger partial charge in [0, 0.05) is 25.0 Å². The molecule has 1 amide bonds. The number of hydrogen-bond donors (Lipinski definition) is 1. The largest absolute Gasteiger partial charge is 0.335 e. The molecule has 2 aromatic rings. The highest BCUT2D eigenvalue weighted by Crippen LogP contribution is 2.30. The molecular formula is C19H21FN2O. The first-order valence-electron chi connectivity index (χ1n) is 7.98. The van der Waals surface area contributed by atoms with Crippen molar-refractivity contribution in [3.05, 3.63) is 71.5 Å². The van der Waals surface area contributed by atoms with Crippen molar-refractivity contribution in [2.45, 2.75) is 37.9 Å². The van der Waals surface area contributed by atoms with Gasteiger partial charge in [-0.05, 0) is 36.1 Å². The quantitative estimate of drug-likeness (QED) is 0.888. The van der Waals surface area contributed by atoms with Gasteiger partial charge in [-0.1, -0.05) is 42.5 Å². The van der Waals surface area contributed by atoms with E-state index >= 15 is 0 Å². The molecule has 1 aliphatic carbocycles. The number of nitrogens with two attached hydrogens (primary N) is 1. The maximum Gasteiger partial charge on any atom is 0.225 e. The van der Waals surface area contributed by atoms with Crippen LogP contribution in [0.4, 0.5) is 4.39 Å². The first kappa shape index (κ1) is 15.7. The van der Waals surface area contributed by atoms with Gasteiger partial charge in [0.05, 0.1) is 0 Å². The summed E-state index contributed by atoms with van der Waals surface area (Å²) in [7, 11) is 0.